The van der Waals surface area contributed by atoms with Gasteiger partial charge < -0.3 is 4.90 Å². The minimum atomic E-state index is 0.898. The van der Waals surface area contributed by atoms with E-state index in [1.54, 1.807) is 0 Å². The molecule has 0 aliphatic carbocycles. The molecule has 0 unspecified atom stereocenters. The number of hydrogen-bond acceptors (Lipinski definition) is 2. The maximum atomic E-state index is 4.34. The fourth-order valence-corrected chi connectivity index (χ4v) is 2.70. The largest absolute Gasteiger partial charge is 0.366 e. The third-order valence-electron chi connectivity index (χ3n) is 2.70. The van der Waals surface area contributed by atoms with Gasteiger partial charge in [0.1, 0.15) is 0 Å². The van der Waals surface area contributed by atoms with Crippen LogP contribution in [0.2, 0.25) is 0 Å². The molecule has 0 N–H and O–H groups in total. The number of aromatic nitrogens is 2. The van der Waals surface area contributed by atoms with Crippen molar-refractivity contribution in [3.63, 3.8) is 0 Å². The van der Waals surface area contributed by atoms with Crippen LogP contribution in [0.4, 0.5) is 5.69 Å². The van der Waals surface area contributed by atoms with Crippen LogP contribution in [0.3, 0.4) is 0 Å². The van der Waals surface area contributed by atoms with Crippen LogP contribution in [0.1, 0.15) is 5.69 Å². The smallest absolute Gasteiger partial charge is 0.0894 e. The number of anilines is 1. The Labute approximate surface area is 96.4 Å². The van der Waals surface area contributed by atoms with Crippen molar-refractivity contribution in [2.24, 2.45) is 0 Å². The first-order chi connectivity index (χ1) is 7.27. The summed E-state index contributed by atoms with van der Waals surface area (Å²) in [5, 5.41) is 4.34. The van der Waals surface area contributed by atoms with E-state index in [4.69, 9.17) is 0 Å². The second-order valence-electron chi connectivity index (χ2n) is 3.70. The van der Waals surface area contributed by atoms with Crippen LogP contribution < -0.4 is 4.90 Å². The molecule has 0 radical (unpaired) electrons. The first kappa shape index (κ1) is 8.97. The molecule has 0 saturated heterocycles. The number of rotatable bonds is 0. The molecule has 3 nitrogen and oxygen atoms in total. The van der Waals surface area contributed by atoms with Crippen LogP contribution in [0.25, 0.3) is 5.69 Å². The maximum Gasteiger partial charge on any atom is 0.0894 e. The summed E-state index contributed by atoms with van der Waals surface area (Å²) in [6.45, 7) is 0.898. The van der Waals surface area contributed by atoms with Crippen molar-refractivity contribution < 1.29 is 0 Å². The lowest BCUT2D eigenvalue weighted by Crippen LogP contribution is -2.25. The molecule has 0 atom stereocenters. The first-order valence-electron chi connectivity index (χ1n) is 4.80. The lowest BCUT2D eigenvalue weighted by Gasteiger charge is -2.29. The minimum absolute atomic E-state index is 0.898. The van der Waals surface area contributed by atoms with Gasteiger partial charge in [-0.15, -0.1) is 0 Å². The average Bonchev–Trinajstić information content (AvgIpc) is 2.65. The Kier molecular flexibility index (Phi) is 1.85. The monoisotopic (exact) mass is 263 g/mol. The van der Waals surface area contributed by atoms with Crippen LogP contribution in [0.15, 0.2) is 34.9 Å². The van der Waals surface area contributed by atoms with Crippen molar-refractivity contribution in [2.45, 2.75) is 6.54 Å². The predicted octanol–water partition coefficient (Wildman–Crippen LogP) is 2.58. The van der Waals surface area contributed by atoms with Crippen molar-refractivity contribution in [1.29, 1.82) is 0 Å². The van der Waals surface area contributed by atoms with Crippen LogP contribution in [0.5, 0.6) is 0 Å². The van der Waals surface area contributed by atoms with Gasteiger partial charge in [0.15, 0.2) is 0 Å². The number of fused-ring (bicyclic) bond motifs is 3. The highest BCUT2D eigenvalue weighted by atomic mass is 79.9. The Bertz CT molecular complexity index is 518. The van der Waals surface area contributed by atoms with E-state index >= 15 is 0 Å². The molecule has 0 spiro atoms. The highest BCUT2D eigenvalue weighted by molar-refractivity contribution is 9.10. The van der Waals surface area contributed by atoms with Crippen LogP contribution in [0, 0.1) is 0 Å². The molecule has 76 valence electrons. The average molecular weight is 264 g/mol. The fourth-order valence-electron chi connectivity index (χ4n) is 2.04. The van der Waals surface area contributed by atoms with Gasteiger partial charge in [0.2, 0.25) is 0 Å². The molecule has 3 rings (SSSR count). The third kappa shape index (κ3) is 1.21. The molecule has 0 saturated carbocycles. The quantitative estimate of drug-likeness (QED) is 0.729. The Hall–Kier alpha value is -1.29. The van der Waals surface area contributed by atoms with E-state index in [9.17, 15) is 0 Å². The Morgan fingerprint density at radius 2 is 2.20 bits per heavy atom. The van der Waals surface area contributed by atoms with Gasteiger partial charge in [-0.1, -0.05) is 6.07 Å². The molecule has 4 heteroatoms. The number of benzene rings is 1. The van der Waals surface area contributed by atoms with E-state index in [1.165, 1.54) is 11.4 Å². The van der Waals surface area contributed by atoms with Gasteiger partial charge in [0.05, 0.1) is 23.6 Å². The molecular formula is C11H10BrN3. The van der Waals surface area contributed by atoms with Crippen molar-refractivity contribution in [1.82, 2.24) is 9.78 Å². The Morgan fingerprint density at radius 1 is 1.33 bits per heavy atom. The highest BCUT2D eigenvalue weighted by Crippen LogP contribution is 2.36. The molecule has 0 amide bonds. The van der Waals surface area contributed by atoms with E-state index in [0.717, 1.165) is 16.7 Å². The van der Waals surface area contributed by atoms with E-state index < -0.39 is 0 Å². The summed E-state index contributed by atoms with van der Waals surface area (Å²) in [5.41, 5.74) is 3.56. The molecule has 1 aromatic carbocycles. The molecule has 0 fully saturated rings. The lowest BCUT2D eigenvalue weighted by molar-refractivity contribution is 0.738. The number of hydrogen-bond donors (Lipinski definition) is 0. The summed E-state index contributed by atoms with van der Waals surface area (Å²) in [4.78, 5) is 2.23. The zero-order chi connectivity index (χ0) is 10.4. The minimum Gasteiger partial charge on any atom is -0.366 e. The lowest BCUT2D eigenvalue weighted by atomic mass is 10.2. The SMILES string of the molecule is CN1Cc2ccnn2-c2cccc(Br)c21. The predicted molar refractivity (Wildman–Crippen MR) is 63.4 cm³/mol. The molecular weight excluding hydrogens is 254 g/mol. The second kappa shape index (κ2) is 3.10. The van der Waals surface area contributed by atoms with Crippen molar-refractivity contribution in [2.75, 3.05) is 11.9 Å². The summed E-state index contributed by atoms with van der Waals surface area (Å²) in [5.74, 6) is 0. The van der Waals surface area contributed by atoms with Crippen molar-refractivity contribution in [3.05, 3.63) is 40.6 Å². The molecule has 1 aliphatic rings. The molecule has 1 aromatic heterocycles. The molecule has 2 aromatic rings. The number of halogens is 1. The molecule has 1 aliphatic heterocycles. The zero-order valence-electron chi connectivity index (χ0n) is 8.31. The van der Waals surface area contributed by atoms with Gasteiger partial charge >= 0.3 is 0 Å². The number of para-hydroxylation sites is 1. The Morgan fingerprint density at radius 3 is 3.07 bits per heavy atom. The van der Waals surface area contributed by atoms with E-state index in [-0.39, 0.29) is 0 Å². The molecule has 0 bridgehead atoms. The van der Waals surface area contributed by atoms with Crippen LogP contribution in [-0.2, 0) is 6.54 Å². The number of nitrogens with zero attached hydrogens (tertiary/aromatic N) is 3. The molecule has 2 heterocycles. The highest BCUT2D eigenvalue weighted by Gasteiger charge is 2.21. The summed E-state index contributed by atoms with van der Waals surface area (Å²) < 4.78 is 3.11. The fraction of sp³-hybridized carbons (Fsp3) is 0.182. The van der Waals surface area contributed by atoms with Gasteiger partial charge in [0.25, 0.3) is 0 Å². The van der Waals surface area contributed by atoms with E-state index in [0.29, 0.717) is 0 Å². The summed E-state index contributed by atoms with van der Waals surface area (Å²) in [7, 11) is 2.10. The zero-order valence-corrected chi connectivity index (χ0v) is 9.90. The summed E-state index contributed by atoms with van der Waals surface area (Å²) in [6, 6.07) is 8.24. The van der Waals surface area contributed by atoms with Gasteiger partial charge in [-0.3, -0.25) is 0 Å². The third-order valence-corrected chi connectivity index (χ3v) is 3.34. The van der Waals surface area contributed by atoms with Gasteiger partial charge in [0, 0.05) is 17.7 Å². The van der Waals surface area contributed by atoms with Crippen LogP contribution >= 0.6 is 15.9 Å². The van der Waals surface area contributed by atoms with Crippen molar-refractivity contribution in [3.8, 4) is 5.69 Å². The maximum absolute atomic E-state index is 4.34. The van der Waals surface area contributed by atoms with Gasteiger partial charge in [-0.25, -0.2) is 4.68 Å². The van der Waals surface area contributed by atoms with E-state index in [2.05, 4.69) is 51.2 Å². The second-order valence-corrected chi connectivity index (χ2v) is 4.55. The standard InChI is InChI=1S/C11H10BrN3/c1-14-7-8-5-6-13-15(8)10-4-2-3-9(12)11(10)14/h2-6H,7H2,1H3. The van der Waals surface area contributed by atoms with Crippen molar-refractivity contribution >= 4 is 21.6 Å². The molecule has 15 heavy (non-hydrogen) atoms. The Balaban J connectivity index is 2.33. The van der Waals surface area contributed by atoms with Crippen LogP contribution in [-0.4, -0.2) is 16.8 Å². The topological polar surface area (TPSA) is 21.1 Å². The normalized spacial score (nSPS) is 13.6. The van der Waals surface area contributed by atoms with Gasteiger partial charge in [-0.05, 0) is 34.1 Å². The summed E-state index contributed by atoms with van der Waals surface area (Å²) >= 11 is 3.58. The first-order valence-corrected chi connectivity index (χ1v) is 5.59. The summed E-state index contributed by atoms with van der Waals surface area (Å²) in [6.07, 6.45) is 1.85. The van der Waals surface area contributed by atoms with Gasteiger partial charge in [-0.2, -0.15) is 5.10 Å². The van der Waals surface area contributed by atoms with E-state index in [1.807, 2.05) is 16.9 Å².